The van der Waals surface area contributed by atoms with Crippen LogP contribution in [-0.4, -0.2) is 4.57 Å². The zero-order valence-corrected chi connectivity index (χ0v) is 15.0. The summed E-state index contributed by atoms with van der Waals surface area (Å²) in [5.74, 6) is 1.13. The number of alkyl halides is 3. The number of rotatable bonds is 2. The molecule has 3 aromatic rings. The van der Waals surface area contributed by atoms with Gasteiger partial charge in [0.1, 0.15) is 6.54 Å². The van der Waals surface area contributed by atoms with E-state index in [2.05, 4.69) is 9.13 Å². The SMILES string of the molecule is FC(F)(F)c1ccc2c(c1)n(Cc1ccccc1)c1[n+]2CCCCC1.[Cl-]. The van der Waals surface area contributed by atoms with Crippen molar-refractivity contribution in [3.05, 3.63) is 65.5 Å². The van der Waals surface area contributed by atoms with E-state index < -0.39 is 11.7 Å². The van der Waals surface area contributed by atoms with Gasteiger partial charge in [-0.25, -0.2) is 9.13 Å². The molecule has 0 radical (unpaired) electrons. The Kier molecular flexibility index (Phi) is 5.28. The average molecular weight is 381 g/mol. The third-order valence-electron chi connectivity index (χ3n) is 4.97. The lowest BCUT2D eigenvalue weighted by atomic mass is 10.1. The van der Waals surface area contributed by atoms with E-state index in [1.165, 1.54) is 12.1 Å². The number of imidazole rings is 1. The topological polar surface area (TPSA) is 8.81 Å². The zero-order valence-electron chi connectivity index (χ0n) is 14.3. The summed E-state index contributed by atoms with van der Waals surface area (Å²) in [5, 5.41) is 0. The molecule has 0 fully saturated rings. The quantitative estimate of drug-likeness (QED) is 0.599. The minimum Gasteiger partial charge on any atom is -1.00 e. The Morgan fingerprint density at radius 2 is 1.73 bits per heavy atom. The first kappa shape index (κ1) is 18.8. The third-order valence-corrected chi connectivity index (χ3v) is 4.97. The van der Waals surface area contributed by atoms with E-state index >= 15 is 0 Å². The maximum Gasteiger partial charge on any atom is 0.416 e. The fourth-order valence-corrected chi connectivity index (χ4v) is 3.76. The van der Waals surface area contributed by atoms with Gasteiger partial charge in [0.15, 0.2) is 11.0 Å². The predicted molar refractivity (Wildman–Crippen MR) is 90.2 cm³/mol. The van der Waals surface area contributed by atoms with Crippen LogP contribution >= 0.6 is 0 Å². The Hall–Kier alpha value is -2.01. The summed E-state index contributed by atoms with van der Waals surface area (Å²) in [5.41, 5.74) is 2.10. The molecule has 0 N–H and O–H groups in total. The summed E-state index contributed by atoms with van der Waals surface area (Å²) < 4.78 is 43.9. The predicted octanol–water partition coefficient (Wildman–Crippen LogP) is 1.73. The molecule has 138 valence electrons. The lowest BCUT2D eigenvalue weighted by molar-refractivity contribution is -0.678. The first-order chi connectivity index (χ1) is 12.0. The van der Waals surface area contributed by atoms with Crippen molar-refractivity contribution < 1.29 is 30.1 Å². The number of nitrogens with zero attached hydrogens (tertiary/aromatic N) is 2. The highest BCUT2D eigenvalue weighted by Gasteiger charge is 2.34. The van der Waals surface area contributed by atoms with Crippen LogP contribution in [-0.2, 0) is 25.7 Å². The highest BCUT2D eigenvalue weighted by molar-refractivity contribution is 5.74. The number of benzene rings is 2. The maximum absolute atomic E-state index is 13.2. The van der Waals surface area contributed by atoms with E-state index in [0.29, 0.717) is 12.1 Å². The fourth-order valence-electron chi connectivity index (χ4n) is 3.76. The van der Waals surface area contributed by atoms with E-state index in [0.717, 1.165) is 49.1 Å². The molecular weight excluding hydrogens is 361 g/mol. The van der Waals surface area contributed by atoms with Gasteiger partial charge in [-0.2, -0.15) is 13.2 Å². The van der Waals surface area contributed by atoms with Crippen molar-refractivity contribution in [2.24, 2.45) is 0 Å². The normalized spacial score (nSPS) is 14.6. The van der Waals surface area contributed by atoms with Gasteiger partial charge in [0, 0.05) is 12.5 Å². The van der Waals surface area contributed by atoms with Gasteiger partial charge in [0.05, 0.1) is 12.1 Å². The van der Waals surface area contributed by atoms with Crippen LogP contribution in [0.2, 0.25) is 0 Å². The molecule has 0 bridgehead atoms. The van der Waals surface area contributed by atoms with Crippen LogP contribution in [0.3, 0.4) is 0 Å². The molecule has 0 atom stereocenters. The maximum atomic E-state index is 13.2. The Morgan fingerprint density at radius 1 is 0.962 bits per heavy atom. The number of hydrogen-bond acceptors (Lipinski definition) is 0. The highest BCUT2D eigenvalue weighted by Crippen LogP contribution is 2.32. The largest absolute Gasteiger partial charge is 1.00 e. The summed E-state index contributed by atoms with van der Waals surface area (Å²) >= 11 is 0. The molecule has 2 nitrogen and oxygen atoms in total. The molecule has 2 heterocycles. The summed E-state index contributed by atoms with van der Waals surface area (Å²) in [6.07, 6.45) is -0.101. The Morgan fingerprint density at radius 3 is 2.46 bits per heavy atom. The van der Waals surface area contributed by atoms with E-state index in [1.807, 2.05) is 30.3 Å². The van der Waals surface area contributed by atoms with Crippen LogP contribution in [0.4, 0.5) is 13.2 Å². The molecule has 26 heavy (non-hydrogen) atoms. The van der Waals surface area contributed by atoms with Crippen LogP contribution in [0.15, 0.2) is 48.5 Å². The van der Waals surface area contributed by atoms with Gasteiger partial charge >= 0.3 is 6.18 Å². The second-order valence-corrected chi connectivity index (χ2v) is 6.65. The molecule has 1 aliphatic heterocycles. The molecule has 1 aliphatic rings. The van der Waals surface area contributed by atoms with E-state index in [9.17, 15) is 13.2 Å². The van der Waals surface area contributed by atoms with Gasteiger partial charge < -0.3 is 12.4 Å². The zero-order chi connectivity index (χ0) is 17.4. The van der Waals surface area contributed by atoms with E-state index in [-0.39, 0.29) is 12.4 Å². The monoisotopic (exact) mass is 380 g/mol. The van der Waals surface area contributed by atoms with Crippen molar-refractivity contribution >= 4 is 11.0 Å². The van der Waals surface area contributed by atoms with Gasteiger partial charge in [-0.1, -0.05) is 30.3 Å². The molecule has 0 aliphatic carbocycles. The molecule has 2 aromatic carbocycles. The summed E-state index contributed by atoms with van der Waals surface area (Å²) in [4.78, 5) is 0. The first-order valence-electron chi connectivity index (χ1n) is 8.70. The number of aromatic nitrogens is 2. The van der Waals surface area contributed by atoms with Gasteiger partial charge in [-0.3, -0.25) is 0 Å². The molecule has 0 amide bonds. The number of hydrogen-bond donors (Lipinski definition) is 0. The van der Waals surface area contributed by atoms with Gasteiger partial charge in [0.25, 0.3) is 5.82 Å². The lowest BCUT2D eigenvalue weighted by Crippen LogP contribution is -3.00. The molecule has 1 aromatic heterocycles. The third kappa shape index (κ3) is 3.45. The van der Waals surface area contributed by atoms with Gasteiger partial charge in [0.2, 0.25) is 0 Å². The molecule has 0 unspecified atom stereocenters. The standard InChI is InChI=1S/C20H20F3N2.ClH/c21-20(22,23)16-10-11-17-18(13-16)25(14-15-7-3-1-4-8-15)19-9-5-2-6-12-24(17)19;/h1,3-4,7-8,10-11,13H,2,5-6,9,12,14H2;1H/q+1;/p-1. The minimum absolute atomic E-state index is 0. The Balaban J connectivity index is 0.00000196. The van der Waals surface area contributed by atoms with Crippen molar-refractivity contribution in [2.75, 3.05) is 0 Å². The molecule has 4 rings (SSSR count). The van der Waals surface area contributed by atoms with Crippen molar-refractivity contribution in [1.82, 2.24) is 4.57 Å². The summed E-state index contributed by atoms with van der Waals surface area (Å²) in [7, 11) is 0. The van der Waals surface area contributed by atoms with Gasteiger partial charge in [-0.05, 0) is 37.0 Å². The molecule has 0 saturated carbocycles. The number of halogens is 4. The molecule has 0 saturated heterocycles. The van der Waals surface area contributed by atoms with Crippen LogP contribution in [0.1, 0.15) is 36.2 Å². The van der Waals surface area contributed by atoms with Crippen LogP contribution in [0.5, 0.6) is 0 Å². The second-order valence-electron chi connectivity index (χ2n) is 6.65. The first-order valence-corrected chi connectivity index (χ1v) is 8.70. The fraction of sp³-hybridized carbons (Fsp3) is 0.350. The Labute approximate surface area is 156 Å². The van der Waals surface area contributed by atoms with Gasteiger partial charge in [-0.15, -0.1) is 0 Å². The minimum atomic E-state index is -4.32. The number of fused-ring (bicyclic) bond motifs is 3. The van der Waals surface area contributed by atoms with Crippen molar-refractivity contribution in [1.29, 1.82) is 0 Å². The highest BCUT2D eigenvalue weighted by atomic mass is 35.5. The van der Waals surface area contributed by atoms with E-state index in [1.54, 1.807) is 6.07 Å². The van der Waals surface area contributed by atoms with Crippen LogP contribution in [0, 0.1) is 0 Å². The van der Waals surface area contributed by atoms with Crippen LogP contribution in [0.25, 0.3) is 11.0 Å². The second kappa shape index (κ2) is 7.31. The van der Waals surface area contributed by atoms with Crippen LogP contribution < -0.4 is 17.0 Å². The molecule has 0 spiro atoms. The Bertz CT molecular complexity index is 901. The van der Waals surface area contributed by atoms with Crippen molar-refractivity contribution in [3.8, 4) is 0 Å². The summed E-state index contributed by atoms with van der Waals surface area (Å²) in [6.45, 7) is 1.47. The van der Waals surface area contributed by atoms with Crippen molar-refractivity contribution in [2.45, 2.75) is 44.9 Å². The molecular formula is C20H20ClF3N2. The summed E-state index contributed by atoms with van der Waals surface area (Å²) in [6, 6.07) is 14.1. The smallest absolute Gasteiger partial charge is 0.416 e. The van der Waals surface area contributed by atoms with E-state index in [4.69, 9.17) is 0 Å². The number of aryl methyl sites for hydroxylation is 1. The van der Waals surface area contributed by atoms with Crippen molar-refractivity contribution in [3.63, 3.8) is 0 Å². The average Bonchev–Trinajstić information content (AvgIpc) is 2.75. The lowest BCUT2D eigenvalue weighted by Gasteiger charge is -2.06. The molecule has 6 heteroatoms.